The van der Waals surface area contributed by atoms with Gasteiger partial charge < -0.3 is 19.3 Å². The summed E-state index contributed by atoms with van der Waals surface area (Å²) in [4.78, 5) is 2.21. The zero-order valence-corrected chi connectivity index (χ0v) is 14.9. The first-order valence-corrected chi connectivity index (χ1v) is 9.06. The van der Waals surface area contributed by atoms with E-state index in [1.165, 1.54) is 12.0 Å². The molecule has 5 nitrogen and oxygen atoms in total. The standard InChI is InChI=1S/C20H25NO4/c1-21-11-7-14-12-16-18(25-13-24-16)19(23-2)17(14)15(21)6-10-20(22)8-4-3-5-9-20/h12,15,22H,3-5,7-9,11,13H2,1-2H3. The topological polar surface area (TPSA) is 51.2 Å². The zero-order chi connectivity index (χ0) is 17.4. The van der Waals surface area contributed by atoms with Crippen molar-refractivity contribution in [3.8, 4) is 29.1 Å². The Labute approximate surface area is 148 Å². The first-order chi connectivity index (χ1) is 12.1. The van der Waals surface area contributed by atoms with Gasteiger partial charge >= 0.3 is 0 Å². The van der Waals surface area contributed by atoms with Gasteiger partial charge in [-0.25, -0.2) is 0 Å². The van der Waals surface area contributed by atoms with Crippen molar-refractivity contribution < 1.29 is 19.3 Å². The van der Waals surface area contributed by atoms with E-state index in [1.807, 2.05) is 0 Å². The minimum absolute atomic E-state index is 0.112. The van der Waals surface area contributed by atoms with Gasteiger partial charge in [-0.1, -0.05) is 18.3 Å². The first-order valence-electron chi connectivity index (χ1n) is 9.06. The van der Waals surface area contributed by atoms with Crippen LogP contribution in [0.2, 0.25) is 0 Å². The molecule has 0 spiro atoms. The van der Waals surface area contributed by atoms with Crippen molar-refractivity contribution >= 4 is 0 Å². The monoisotopic (exact) mass is 343 g/mol. The number of methoxy groups -OCH3 is 1. The quantitative estimate of drug-likeness (QED) is 0.795. The van der Waals surface area contributed by atoms with Crippen molar-refractivity contribution in [1.82, 2.24) is 4.90 Å². The molecule has 0 saturated heterocycles. The molecule has 0 bridgehead atoms. The van der Waals surface area contributed by atoms with E-state index in [0.29, 0.717) is 11.5 Å². The van der Waals surface area contributed by atoms with Crippen LogP contribution in [0.5, 0.6) is 17.2 Å². The summed E-state index contributed by atoms with van der Waals surface area (Å²) in [7, 11) is 3.72. The molecule has 134 valence electrons. The van der Waals surface area contributed by atoms with Gasteiger partial charge in [0.2, 0.25) is 12.5 Å². The summed E-state index contributed by atoms with van der Waals surface area (Å²) in [5.41, 5.74) is 1.39. The van der Waals surface area contributed by atoms with Gasteiger partial charge in [-0.2, -0.15) is 0 Å². The van der Waals surface area contributed by atoms with Crippen molar-refractivity contribution in [2.75, 3.05) is 27.5 Å². The summed E-state index contributed by atoms with van der Waals surface area (Å²) in [6.45, 7) is 1.13. The third kappa shape index (κ3) is 2.94. The molecule has 1 aromatic rings. The molecule has 0 amide bonds. The second kappa shape index (κ2) is 6.44. The highest BCUT2D eigenvalue weighted by Gasteiger charge is 2.34. The van der Waals surface area contributed by atoms with Crippen molar-refractivity contribution in [3.63, 3.8) is 0 Å². The lowest BCUT2D eigenvalue weighted by Gasteiger charge is -2.33. The molecule has 25 heavy (non-hydrogen) atoms. The minimum atomic E-state index is -0.847. The highest BCUT2D eigenvalue weighted by atomic mass is 16.7. The summed E-state index contributed by atoms with van der Waals surface area (Å²) in [6, 6.07) is 1.94. The molecule has 1 atom stereocenters. The first kappa shape index (κ1) is 16.6. The molecule has 0 aromatic heterocycles. The number of rotatable bonds is 1. The van der Waals surface area contributed by atoms with Crippen molar-refractivity contribution in [2.24, 2.45) is 0 Å². The molecule has 5 heteroatoms. The second-order valence-corrected chi connectivity index (χ2v) is 7.21. The average molecular weight is 343 g/mol. The van der Waals surface area contributed by atoms with Gasteiger partial charge in [0.25, 0.3) is 0 Å². The van der Waals surface area contributed by atoms with E-state index in [4.69, 9.17) is 14.2 Å². The molecular formula is C20H25NO4. The maximum atomic E-state index is 10.7. The van der Waals surface area contributed by atoms with Gasteiger partial charge in [0.1, 0.15) is 11.6 Å². The Balaban J connectivity index is 1.76. The van der Waals surface area contributed by atoms with E-state index < -0.39 is 5.60 Å². The van der Waals surface area contributed by atoms with Crippen LogP contribution in [0.25, 0.3) is 0 Å². The van der Waals surface area contributed by atoms with Crippen LogP contribution in [0, 0.1) is 11.8 Å². The number of fused-ring (bicyclic) bond motifs is 2. The second-order valence-electron chi connectivity index (χ2n) is 7.21. The number of hydrogen-bond donors (Lipinski definition) is 1. The molecule has 1 unspecified atom stereocenters. The summed E-state index contributed by atoms with van der Waals surface area (Å²) in [5.74, 6) is 8.68. The Kier molecular flexibility index (Phi) is 4.26. The van der Waals surface area contributed by atoms with E-state index in [0.717, 1.165) is 50.0 Å². The Bertz CT molecular complexity index is 727. The SMILES string of the molecule is COc1c2c(cc3c1C(C#CC1(O)CCCCC1)N(C)CC3)OCO2. The molecule has 0 radical (unpaired) electrons. The molecule has 1 fully saturated rings. The van der Waals surface area contributed by atoms with E-state index >= 15 is 0 Å². The maximum absolute atomic E-state index is 10.7. The number of likely N-dealkylation sites (N-methyl/N-ethyl adjacent to an activating group) is 1. The Hall–Kier alpha value is -1.90. The number of benzene rings is 1. The maximum Gasteiger partial charge on any atom is 0.231 e. The summed E-state index contributed by atoms with van der Waals surface area (Å²) in [6.07, 6.45) is 5.73. The van der Waals surface area contributed by atoms with E-state index in [-0.39, 0.29) is 12.8 Å². The van der Waals surface area contributed by atoms with Crippen LogP contribution in [0.15, 0.2) is 6.07 Å². The van der Waals surface area contributed by atoms with Crippen LogP contribution in [-0.4, -0.2) is 43.1 Å². The third-order valence-corrected chi connectivity index (χ3v) is 5.52. The highest BCUT2D eigenvalue weighted by Crippen LogP contribution is 2.49. The van der Waals surface area contributed by atoms with Crippen LogP contribution >= 0.6 is 0 Å². The molecule has 1 aromatic carbocycles. The molecule has 4 rings (SSSR count). The normalized spacial score (nSPS) is 24.2. The number of nitrogens with zero attached hydrogens (tertiary/aromatic N) is 1. The van der Waals surface area contributed by atoms with Crippen LogP contribution < -0.4 is 14.2 Å². The van der Waals surface area contributed by atoms with Gasteiger partial charge in [-0.05, 0) is 50.8 Å². The summed E-state index contributed by atoms with van der Waals surface area (Å²) in [5, 5.41) is 10.7. The zero-order valence-electron chi connectivity index (χ0n) is 14.9. The fraction of sp³-hybridized carbons (Fsp3) is 0.600. The van der Waals surface area contributed by atoms with Crippen molar-refractivity contribution in [2.45, 2.75) is 50.2 Å². The highest BCUT2D eigenvalue weighted by molar-refractivity contribution is 5.63. The predicted molar refractivity (Wildman–Crippen MR) is 94.0 cm³/mol. The van der Waals surface area contributed by atoms with E-state index in [1.54, 1.807) is 7.11 Å². The number of ether oxygens (including phenoxy) is 3. The number of hydrogen-bond acceptors (Lipinski definition) is 5. The van der Waals surface area contributed by atoms with Gasteiger partial charge in [0.05, 0.1) is 7.11 Å². The Morgan fingerprint density at radius 3 is 2.84 bits per heavy atom. The molecule has 2 aliphatic heterocycles. The van der Waals surface area contributed by atoms with Crippen LogP contribution in [0.1, 0.15) is 49.3 Å². The van der Waals surface area contributed by atoms with Crippen LogP contribution in [0.4, 0.5) is 0 Å². The summed E-state index contributed by atoms with van der Waals surface area (Å²) >= 11 is 0. The fourth-order valence-electron chi connectivity index (χ4n) is 4.08. The lowest BCUT2D eigenvalue weighted by Crippen LogP contribution is -2.33. The molecule has 2 heterocycles. The Morgan fingerprint density at radius 1 is 1.28 bits per heavy atom. The van der Waals surface area contributed by atoms with E-state index in [2.05, 4.69) is 29.9 Å². The van der Waals surface area contributed by atoms with Gasteiger partial charge in [0, 0.05) is 12.1 Å². The molecule has 1 N–H and O–H groups in total. The Morgan fingerprint density at radius 2 is 2.08 bits per heavy atom. The molecule has 1 saturated carbocycles. The lowest BCUT2D eigenvalue weighted by molar-refractivity contribution is 0.0606. The van der Waals surface area contributed by atoms with Crippen molar-refractivity contribution in [1.29, 1.82) is 0 Å². The van der Waals surface area contributed by atoms with Gasteiger partial charge in [-0.15, -0.1) is 0 Å². The minimum Gasteiger partial charge on any atom is -0.492 e. The van der Waals surface area contributed by atoms with Crippen LogP contribution in [-0.2, 0) is 6.42 Å². The largest absolute Gasteiger partial charge is 0.492 e. The predicted octanol–water partition coefficient (Wildman–Crippen LogP) is 2.65. The smallest absolute Gasteiger partial charge is 0.231 e. The molecular weight excluding hydrogens is 318 g/mol. The van der Waals surface area contributed by atoms with Crippen molar-refractivity contribution in [3.05, 3.63) is 17.2 Å². The van der Waals surface area contributed by atoms with Gasteiger partial charge in [-0.3, -0.25) is 4.90 Å². The average Bonchev–Trinajstić information content (AvgIpc) is 3.08. The van der Waals surface area contributed by atoms with E-state index in [9.17, 15) is 5.11 Å². The molecule has 3 aliphatic rings. The lowest BCUT2D eigenvalue weighted by atomic mass is 9.84. The molecule has 1 aliphatic carbocycles. The third-order valence-electron chi connectivity index (χ3n) is 5.52. The number of aliphatic hydroxyl groups is 1. The fourth-order valence-corrected chi connectivity index (χ4v) is 4.08. The van der Waals surface area contributed by atoms with Gasteiger partial charge in [0.15, 0.2) is 11.5 Å². The summed E-state index contributed by atoms with van der Waals surface area (Å²) < 4.78 is 16.9. The van der Waals surface area contributed by atoms with Crippen LogP contribution in [0.3, 0.4) is 0 Å².